The van der Waals surface area contributed by atoms with E-state index in [2.05, 4.69) is 26.8 Å². The number of fused-ring (bicyclic) bond motifs is 1. The van der Waals surface area contributed by atoms with Gasteiger partial charge in [0.1, 0.15) is 5.60 Å². The largest absolute Gasteiger partial charge is 0.460 e. The fraction of sp³-hybridized carbons (Fsp3) is 0.833. The lowest BCUT2D eigenvalue weighted by atomic mass is 9.53. The van der Waals surface area contributed by atoms with Crippen LogP contribution in [0.2, 0.25) is 0 Å². The van der Waals surface area contributed by atoms with Gasteiger partial charge in [0.15, 0.2) is 0 Å². The van der Waals surface area contributed by atoms with Crippen LogP contribution in [-0.2, 0) is 9.53 Å². The average molecular weight is 323 g/mol. The summed E-state index contributed by atoms with van der Waals surface area (Å²) in [5.41, 5.74) is 0.326. The fourth-order valence-corrected chi connectivity index (χ4v) is 4.10. The highest BCUT2D eigenvalue weighted by molar-refractivity contribution is 5.71. The summed E-state index contributed by atoms with van der Waals surface area (Å²) in [6.07, 6.45) is 4.10. The van der Waals surface area contributed by atoms with Gasteiger partial charge in [0.25, 0.3) is 0 Å². The van der Waals surface area contributed by atoms with Crippen LogP contribution in [0.5, 0.6) is 0 Å². The van der Waals surface area contributed by atoms with Crippen molar-refractivity contribution in [3.8, 4) is 0 Å². The molecule has 1 saturated carbocycles. The Morgan fingerprint density at radius 3 is 2.43 bits per heavy atom. The van der Waals surface area contributed by atoms with Gasteiger partial charge in [-0.15, -0.1) is 0 Å². The number of ether oxygens (including phenoxy) is 1. The third-order valence-electron chi connectivity index (χ3n) is 5.07. The maximum atomic E-state index is 12.3. The molecule has 0 amide bonds. The summed E-state index contributed by atoms with van der Waals surface area (Å²) in [6, 6.07) is 0. The minimum absolute atomic E-state index is 0.0869. The van der Waals surface area contributed by atoms with Gasteiger partial charge >= 0.3 is 5.97 Å². The number of nitrogens with zero attached hydrogens (tertiary/aromatic N) is 1. The molecule has 2 rings (SSSR count). The molecule has 23 heavy (non-hydrogen) atoms. The zero-order chi connectivity index (χ0) is 17.6. The Kier molecular flexibility index (Phi) is 4.37. The lowest BCUT2D eigenvalue weighted by Gasteiger charge is -2.49. The molecule has 1 fully saturated rings. The highest BCUT2D eigenvalue weighted by Crippen LogP contribution is 2.61. The second-order valence-corrected chi connectivity index (χ2v) is 9.25. The van der Waals surface area contributed by atoms with Crippen LogP contribution in [0.25, 0.3) is 0 Å². The Labute approximate surface area is 138 Å². The maximum absolute atomic E-state index is 12.3. The minimum atomic E-state index is -0.566. The molecule has 0 bridgehead atoms. The Morgan fingerprint density at radius 2 is 1.96 bits per heavy atom. The smallest absolute Gasteiger partial charge is 0.307 e. The molecule has 0 heterocycles. The summed E-state index contributed by atoms with van der Waals surface area (Å²) in [4.78, 5) is 23.1. The minimum Gasteiger partial charge on any atom is -0.460 e. The fourth-order valence-electron chi connectivity index (χ4n) is 4.10. The number of nitro groups is 1. The molecule has 130 valence electrons. The van der Waals surface area contributed by atoms with E-state index in [1.54, 1.807) is 0 Å². The van der Waals surface area contributed by atoms with Crippen molar-refractivity contribution in [2.75, 3.05) is 6.54 Å². The molecule has 5 nitrogen and oxygen atoms in total. The third kappa shape index (κ3) is 3.93. The van der Waals surface area contributed by atoms with E-state index < -0.39 is 11.0 Å². The number of rotatable bonds is 4. The van der Waals surface area contributed by atoms with Crippen LogP contribution >= 0.6 is 0 Å². The van der Waals surface area contributed by atoms with Crippen molar-refractivity contribution in [1.29, 1.82) is 0 Å². The predicted octanol–water partition coefficient (Wildman–Crippen LogP) is 3.99. The van der Waals surface area contributed by atoms with Crippen molar-refractivity contribution in [2.45, 2.75) is 66.4 Å². The van der Waals surface area contributed by atoms with Crippen molar-refractivity contribution in [2.24, 2.45) is 22.7 Å². The highest BCUT2D eigenvalue weighted by Gasteiger charge is 2.59. The van der Waals surface area contributed by atoms with E-state index in [1.165, 1.54) is 5.57 Å². The van der Waals surface area contributed by atoms with Crippen molar-refractivity contribution in [3.05, 3.63) is 21.8 Å². The molecule has 0 aliphatic heterocycles. The van der Waals surface area contributed by atoms with E-state index in [0.717, 1.165) is 12.8 Å². The first-order valence-corrected chi connectivity index (χ1v) is 8.37. The molecule has 0 aromatic heterocycles. The zero-order valence-electron chi connectivity index (χ0n) is 15.1. The van der Waals surface area contributed by atoms with Crippen LogP contribution in [0.15, 0.2) is 11.6 Å². The first-order valence-electron chi connectivity index (χ1n) is 8.37. The van der Waals surface area contributed by atoms with E-state index in [-0.39, 0.29) is 35.2 Å². The molecule has 0 spiro atoms. The van der Waals surface area contributed by atoms with Gasteiger partial charge in [0.05, 0.1) is 11.8 Å². The molecule has 0 aromatic rings. The van der Waals surface area contributed by atoms with Gasteiger partial charge in [-0.1, -0.05) is 32.4 Å². The summed E-state index contributed by atoms with van der Waals surface area (Å²) in [5.74, 6) is 0.261. The molecule has 0 N–H and O–H groups in total. The molecule has 0 aromatic carbocycles. The Hall–Kier alpha value is -1.39. The van der Waals surface area contributed by atoms with Gasteiger partial charge in [0.2, 0.25) is 6.54 Å². The highest BCUT2D eigenvalue weighted by atomic mass is 16.6. The number of allylic oxidation sites excluding steroid dienone is 2. The van der Waals surface area contributed by atoms with E-state index in [1.807, 2.05) is 20.8 Å². The third-order valence-corrected chi connectivity index (χ3v) is 5.07. The zero-order valence-corrected chi connectivity index (χ0v) is 15.1. The molecule has 3 atom stereocenters. The lowest BCUT2D eigenvalue weighted by Crippen LogP contribution is -2.51. The normalized spacial score (nSPS) is 30.3. The standard InChI is InChI=1S/C18H29NO4/c1-16(2,3)13-7-12-9-18(11-19(21)22,14(12)8-13)10-15(20)23-17(4,5)6/h8,12,14H,7,9-11H2,1-6H3/t12-,14-,18-/m0/s1. The SMILES string of the molecule is CC(C)(C)OC(=O)C[C@]1(C[N+](=O)[O-])C[C@@H]2CC(C(C)(C)C)=C[C@@H]21. The van der Waals surface area contributed by atoms with Crippen LogP contribution < -0.4 is 0 Å². The van der Waals surface area contributed by atoms with Gasteiger partial charge in [-0.25, -0.2) is 0 Å². The summed E-state index contributed by atoms with van der Waals surface area (Å²) in [5, 5.41) is 11.2. The molecular formula is C18H29NO4. The predicted molar refractivity (Wildman–Crippen MR) is 88.5 cm³/mol. The number of esters is 1. The van der Waals surface area contributed by atoms with Crippen molar-refractivity contribution in [3.63, 3.8) is 0 Å². The number of hydrogen-bond acceptors (Lipinski definition) is 4. The molecule has 0 unspecified atom stereocenters. The summed E-state index contributed by atoms with van der Waals surface area (Å²) in [6.45, 7) is 11.8. The van der Waals surface area contributed by atoms with Crippen molar-refractivity contribution in [1.82, 2.24) is 0 Å². The lowest BCUT2D eigenvalue weighted by molar-refractivity contribution is -0.506. The van der Waals surface area contributed by atoms with E-state index >= 15 is 0 Å². The Morgan fingerprint density at radius 1 is 1.35 bits per heavy atom. The van der Waals surface area contributed by atoms with Crippen molar-refractivity contribution < 1.29 is 14.5 Å². The quantitative estimate of drug-likeness (QED) is 0.339. The first-order chi connectivity index (χ1) is 10.3. The molecule has 5 heteroatoms. The number of hydrogen-bond donors (Lipinski definition) is 0. The molecule has 0 radical (unpaired) electrons. The van der Waals surface area contributed by atoms with Crippen molar-refractivity contribution >= 4 is 5.97 Å². The molecular weight excluding hydrogens is 294 g/mol. The average Bonchev–Trinajstić information content (AvgIpc) is 2.63. The van der Waals surface area contributed by atoms with Gasteiger partial charge in [-0.05, 0) is 50.9 Å². The monoisotopic (exact) mass is 323 g/mol. The number of carbonyl (C=O) groups is 1. The number of carbonyl (C=O) groups excluding carboxylic acids is 1. The van der Waals surface area contributed by atoms with Gasteiger partial charge in [-0.2, -0.15) is 0 Å². The van der Waals surface area contributed by atoms with Crippen LogP contribution in [0.4, 0.5) is 0 Å². The van der Waals surface area contributed by atoms with Crippen LogP contribution in [-0.4, -0.2) is 23.0 Å². The molecule has 0 saturated heterocycles. The molecule has 2 aliphatic rings. The first kappa shape index (κ1) is 18.0. The van der Waals surface area contributed by atoms with Gasteiger partial charge < -0.3 is 4.74 Å². The Balaban J connectivity index is 2.18. The van der Waals surface area contributed by atoms with Crippen LogP contribution in [0.1, 0.15) is 60.8 Å². The van der Waals surface area contributed by atoms with Crippen LogP contribution in [0.3, 0.4) is 0 Å². The second-order valence-electron chi connectivity index (χ2n) is 9.25. The van der Waals surface area contributed by atoms with E-state index in [4.69, 9.17) is 4.74 Å². The summed E-state index contributed by atoms with van der Waals surface area (Å²) < 4.78 is 5.41. The van der Waals surface area contributed by atoms with E-state index in [9.17, 15) is 14.9 Å². The van der Waals surface area contributed by atoms with Gasteiger partial charge in [-0.3, -0.25) is 14.9 Å². The van der Waals surface area contributed by atoms with Crippen LogP contribution in [0, 0.1) is 32.8 Å². The second kappa shape index (κ2) is 5.60. The van der Waals surface area contributed by atoms with E-state index in [0.29, 0.717) is 5.92 Å². The maximum Gasteiger partial charge on any atom is 0.307 e. The topological polar surface area (TPSA) is 69.4 Å². The Bertz CT molecular complexity index is 538. The van der Waals surface area contributed by atoms with Gasteiger partial charge in [0, 0.05) is 4.92 Å². The molecule has 2 aliphatic carbocycles. The summed E-state index contributed by atoms with van der Waals surface area (Å²) >= 11 is 0. The summed E-state index contributed by atoms with van der Waals surface area (Å²) in [7, 11) is 0.